The van der Waals surface area contributed by atoms with Gasteiger partial charge in [0, 0.05) is 41.3 Å². The number of hydrogen-bond donors (Lipinski definition) is 1. The first-order valence-corrected chi connectivity index (χ1v) is 11.2. The van der Waals surface area contributed by atoms with E-state index in [0.29, 0.717) is 37.6 Å². The van der Waals surface area contributed by atoms with Crippen LogP contribution in [0.4, 0.5) is 0 Å². The summed E-state index contributed by atoms with van der Waals surface area (Å²) in [7, 11) is 1.57. The van der Waals surface area contributed by atoms with Crippen LogP contribution < -0.4 is 10.2 Å². The van der Waals surface area contributed by atoms with Gasteiger partial charge in [-0.25, -0.2) is 5.43 Å². The number of morpholine rings is 1. The molecule has 0 saturated carbocycles. The molecule has 0 aliphatic carbocycles. The summed E-state index contributed by atoms with van der Waals surface area (Å²) in [5, 5.41) is 5.09. The second-order valence-electron chi connectivity index (χ2n) is 7.27. The Labute approximate surface area is 199 Å². The number of hydrogen-bond acceptors (Lipinski definition) is 5. The molecule has 0 radical (unpaired) electrons. The Morgan fingerprint density at radius 2 is 2.00 bits per heavy atom. The third-order valence-electron chi connectivity index (χ3n) is 5.27. The van der Waals surface area contributed by atoms with Crippen molar-refractivity contribution in [2.24, 2.45) is 5.10 Å². The number of aromatic nitrogens is 1. The summed E-state index contributed by atoms with van der Waals surface area (Å²) in [4.78, 5) is 27.0. The molecule has 0 spiro atoms. The number of methoxy groups -OCH3 is 1. The number of nitrogens with one attached hydrogen (secondary N) is 1. The van der Waals surface area contributed by atoms with Crippen LogP contribution in [-0.2, 0) is 16.1 Å². The van der Waals surface area contributed by atoms with E-state index in [0.717, 1.165) is 20.0 Å². The van der Waals surface area contributed by atoms with E-state index in [1.807, 2.05) is 46.0 Å². The van der Waals surface area contributed by atoms with E-state index in [1.165, 1.54) is 0 Å². The van der Waals surface area contributed by atoms with E-state index in [9.17, 15) is 9.59 Å². The summed E-state index contributed by atoms with van der Waals surface area (Å²) in [6, 6.07) is 13.0. The van der Waals surface area contributed by atoms with Crippen molar-refractivity contribution < 1.29 is 19.1 Å². The summed E-state index contributed by atoms with van der Waals surface area (Å²) < 4.78 is 13.4. The molecule has 3 aromatic rings. The number of fused-ring (bicyclic) bond motifs is 1. The summed E-state index contributed by atoms with van der Waals surface area (Å²) in [6.07, 6.45) is 3.48. The predicted molar refractivity (Wildman–Crippen MR) is 130 cm³/mol. The molecule has 0 bridgehead atoms. The Hall–Kier alpha value is -2.92. The van der Waals surface area contributed by atoms with E-state index in [-0.39, 0.29) is 18.4 Å². The van der Waals surface area contributed by atoms with Gasteiger partial charge in [-0.05, 0) is 46.9 Å². The number of hydrazone groups is 1. The molecule has 1 aliphatic rings. The average Bonchev–Trinajstić information content (AvgIpc) is 3.17. The van der Waals surface area contributed by atoms with E-state index < -0.39 is 0 Å². The van der Waals surface area contributed by atoms with E-state index in [4.69, 9.17) is 9.47 Å². The number of nitrogens with zero attached hydrogens (tertiary/aromatic N) is 3. The Morgan fingerprint density at radius 3 is 2.78 bits per heavy atom. The minimum absolute atomic E-state index is 0.0542. The Balaban J connectivity index is 1.50. The number of carbonyl (C=O) groups is 2. The zero-order valence-electron chi connectivity index (χ0n) is 17.6. The molecule has 8 nitrogen and oxygen atoms in total. The summed E-state index contributed by atoms with van der Waals surface area (Å²) >= 11 is 2.15. The number of para-hydroxylation sites is 1. The van der Waals surface area contributed by atoms with Crippen molar-refractivity contribution in [2.45, 2.75) is 6.54 Å². The van der Waals surface area contributed by atoms with Gasteiger partial charge in [-0.2, -0.15) is 5.10 Å². The monoisotopic (exact) mass is 546 g/mol. The van der Waals surface area contributed by atoms with Crippen molar-refractivity contribution in [2.75, 3.05) is 33.4 Å². The normalized spacial score (nSPS) is 14.1. The van der Waals surface area contributed by atoms with Crippen LogP contribution >= 0.6 is 22.6 Å². The third-order valence-corrected chi connectivity index (χ3v) is 6.16. The fraction of sp³-hybridized carbons (Fsp3) is 0.261. The Morgan fingerprint density at radius 1 is 1.22 bits per heavy atom. The second-order valence-corrected chi connectivity index (χ2v) is 8.43. The highest BCUT2D eigenvalue weighted by atomic mass is 127. The molecule has 1 aromatic heterocycles. The van der Waals surface area contributed by atoms with Gasteiger partial charge < -0.3 is 18.9 Å². The molecular formula is C23H23IN4O4. The van der Waals surface area contributed by atoms with Gasteiger partial charge >= 0.3 is 0 Å². The van der Waals surface area contributed by atoms with Crippen LogP contribution in [0.5, 0.6) is 5.75 Å². The molecule has 0 unspecified atom stereocenters. The molecule has 9 heteroatoms. The van der Waals surface area contributed by atoms with Crippen molar-refractivity contribution >= 4 is 51.5 Å². The standard InChI is InChI=1S/C23H23IN4O4/c1-31-21-12-16(6-7-19(21)24)23(30)26-25-13-17-14-28(20-5-3-2-4-18(17)20)15-22(29)27-8-10-32-11-9-27/h2-7,12-14H,8-11,15H2,1H3,(H,26,30)/b25-13+. The maximum atomic E-state index is 12.7. The lowest BCUT2D eigenvalue weighted by Crippen LogP contribution is -2.42. The lowest BCUT2D eigenvalue weighted by molar-refractivity contribution is -0.135. The van der Waals surface area contributed by atoms with Crippen molar-refractivity contribution in [3.05, 3.63) is 63.4 Å². The van der Waals surface area contributed by atoms with Gasteiger partial charge in [0.1, 0.15) is 12.3 Å². The number of benzene rings is 2. The molecule has 166 valence electrons. The van der Waals surface area contributed by atoms with Crippen LogP contribution in [0.2, 0.25) is 0 Å². The highest BCUT2D eigenvalue weighted by molar-refractivity contribution is 14.1. The quantitative estimate of drug-likeness (QED) is 0.293. The lowest BCUT2D eigenvalue weighted by atomic mass is 10.2. The first-order chi connectivity index (χ1) is 15.6. The highest BCUT2D eigenvalue weighted by Crippen LogP contribution is 2.22. The van der Waals surface area contributed by atoms with Crippen molar-refractivity contribution in [3.8, 4) is 5.75 Å². The molecule has 32 heavy (non-hydrogen) atoms. The van der Waals surface area contributed by atoms with Crippen LogP contribution in [0.3, 0.4) is 0 Å². The van der Waals surface area contributed by atoms with Gasteiger partial charge in [-0.3, -0.25) is 9.59 Å². The maximum absolute atomic E-state index is 12.7. The van der Waals surface area contributed by atoms with Gasteiger partial charge in [0.25, 0.3) is 5.91 Å². The minimum atomic E-state index is -0.331. The number of carbonyl (C=O) groups excluding carboxylic acids is 2. The van der Waals surface area contributed by atoms with E-state index in [1.54, 1.807) is 25.5 Å². The van der Waals surface area contributed by atoms with Gasteiger partial charge in [0.05, 0.1) is 30.1 Å². The zero-order valence-corrected chi connectivity index (χ0v) is 19.7. The number of ether oxygens (including phenoxy) is 2. The third kappa shape index (κ3) is 4.94. The maximum Gasteiger partial charge on any atom is 0.271 e. The second kappa shape index (κ2) is 10.1. The van der Waals surface area contributed by atoms with E-state index in [2.05, 4.69) is 33.1 Å². The molecule has 4 rings (SSSR count). The molecule has 1 N–H and O–H groups in total. The molecule has 2 aromatic carbocycles. The number of amides is 2. The molecular weight excluding hydrogens is 523 g/mol. The van der Waals surface area contributed by atoms with Gasteiger partial charge in [-0.15, -0.1) is 0 Å². The number of rotatable bonds is 6. The summed E-state index contributed by atoms with van der Waals surface area (Å²) in [6.45, 7) is 2.61. The van der Waals surface area contributed by atoms with Crippen LogP contribution in [0.1, 0.15) is 15.9 Å². The van der Waals surface area contributed by atoms with Crippen LogP contribution in [0.15, 0.2) is 53.8 Å². The SMILES string of the molecule is COc1cc(C(=O)N/N=C/c2cn(CC(=O)N3CCOCC3)c3ccccc23)ccc1I. The molecule has 1 fully saturated rings. The highest BCUT2D eigenvalue weighted by Gasteiger charge is 2.18. The molecule has 1 aliphatic heterocycles. The minimum Gasteiger partial charge on any atom is -0.496 e. The molecule has 2 heterocycles. The van der Waals surface area contributed by atoms with Gasteiger partial charge in [0.15, 0.2) is 0 Å². The molecule has 2 amide bonds. The van der Waals surface area contributed by atoms with Crippen molar-refractivity contribution in [1.29, 1.82) is 0 Å². The molecule has 0 atom stereocenters. The zero-order chi connectivity index (χ0) is 22.5. The first-order valence-electron chi connectivity index (χ1n) is 10.2. The smallest absolute Gasteiger partial charge is 0.271 e. The fourth-order valence-corrected chi connectivity index (χ4v) is 4.15. The van der Waals surface area contributed by atoms with Crippen molar-refractivity contribution in [1.82, 2.24) is 14.9 Å². The van der Waals surface area contributed by atoms with Crippen molar-refractivity contribution in [3.63, 3.8) is 0 Å². The summed E-state index contributed by atoms with van der Waals surface area (Å²) in [5.41, 5.74) is 4.77. The summed E-state index contributed by atoms with van der Waals surface area (Å²) in [5.74, 6) is 0.357. The topological polar surface area (TPSA) is 85.2 Å². The lowest BCUT2D eigenvalue weighted by Gasteiger charge is -2.27. The van der Waals surface area contributed by atoms with Gasteiger partial charge in [0.2, 0.25) is 5.91 Å². The number of halogens is 1. The predicted octanol–water partition coefficient (Wildman–Crippen LogP) is 2.88. The largest absolute Gasteiger partial charge is 0.496 e. The Bertz CT molecular complexity index is 1170. The van der Waals surface area contributed by atoms with Crippen LogP contribution in [0.25, 0.3) is 10.9 Å². The molecule has 1 saturated heterocycles. The average molecular weight is 546 g/mol. The van der Waals surface area contributed by atoms with E-state index >= 15 is 0 Å². The van der Waals surface area contributed by atoms with Crippen LogP contribution in [-0.4, -0.2) is 60.9 Å². The van der Waals surface area contributed by atoms with Gasteiger partial charge in [-0.1, -0.05) is 18.2 Å². The Kier molecular flexibility index (Phi) is 7.05. The first kappa shape index (κ1) is 22.3. The van der Waals surface area contributed by atoms with Crippen LogP contribution in [0, 0.1) is 3.57 Å². The fourth-order valence-electron chi connectivity index (χ4n) is 3.59.